The summed E-state index contributed by atoms with van der Waals surface area (Å²) in [5.74, 6) is 0.465. The first kappa shape index (κ1) is 11.7. The molecule has 0 aliphatic heterocycles. The summed E-state index contributed by atoms with van der Waals surface area (Å²) < 4.78 is 0. The zero-order chi connectivity index (χ0) is 11.4. The lowest BCUT2D eigenvalue weighted by Gasteiger charge is -2.08. The molecule has 0 bridgehead atoms. The topological polar surface area (TPSA) is 69.0 Å². The Morgan fingerprint density at radius 1 is 1.53 bits per heavy atom. The lowest BCUT2D eigenvalue weighted by molar-refractivity contribution is 0.234. The molecule has 0 saturated heterocycles. The van der Waals surface area contributed by atoms with Gasteiger partial charge in [-0.2, -0.15) is 0 Å². The van der Waals surface area contributed by atoms with Crippen molar-refractivity contribution in [3.63, 3.8) is 0 Å². The number of amidine groups is 1. The second kappa shape index (κ2) is 4.89. The second-order valence-electron chi connectivity index (χ2n) is 4.11. The van der Waals surface area contributed by atoms with Crippen molar-refractivity contribution in [3.8, 4) is 0 Å². The van der Waals surface area contributed by atoms with Gasteiger partial charge in [0.1, 0.15) is 5.69 Å². The minimum atomic E-state index is -0.0660. The summed E-state index contributed by atoms with van der Waals surface area (Å²) >= 11 is 0. The number of nitrogens with zero attached hydrogens (tertiary/aromatic N) is 1. The molecule has 1 aromatic rings. The third-order valence-corrected chi connectivity index (χ3v) is 2.01. The number of aryl methyl sites for hydroxylation is 1. The standard InChI is InChI=1S/C11H17N3O/c1-7(2)4-9-5-8(3)6-10(13-9)11(12)14-15/h5-7,15H,4H2,1-3H3,(H2,12,14). The van der Waals surface area contributed by atoms with Crippen molar-refractivity contribution in [2.45, 2.75) is 27.2 Å². The Morgan fingerprint density at radius 3 is 2.73 bits per heavy atom. The van der Waals surface area contributed by atoms with Gasteiger partial charge in [-0.15, -0.1) is 0 Å². The largest absolute Gasteiger partial charge is 0.290 e. The van der Waals surface area contributed by atoms with Crippen molar-refractivity contribution in [1.29, 1.82) is 5.41 Å². The van der Waals surface area contributed by atoms with E-state index in [4.69, 9.17) is 10.6 Å². The molecule has 0 radical (unpaired) electrons. The zero-order valence-electron chi connectivity index (χ0n) is 9.33. The second-order valence-corrected chi connectivity index (χ2v) is 4.11. The van der Waals surface area contributed by atoms with Crippen molar-refractivity contribution in [1.82, 2.24) is 10.5 Å². The summed E-state index contributed by atoms with van der Waals surface area (Å²) in [4.78, 5) is 4.30. The molecule has 0 fully saturated rings. The number of rotatable bonds is 3. The first-order valence-corrected chi connectivity index (χ1v) is 4.99. The molecule has 0 unspecified atom stereocenters. The molecule has 0 aliphatic carbocycles. The van der Waals surface area contributed by atoms with E-state index in [0.717, 1.165) is 17.7 Å². The first-order chi connectivity index (χ1) is 7.02. The van der Waals surface area contributed by atoms with Gasteiger partial charge in [0.25, 0.3) is 0 Å². The van der Waals surface area contributed by atoms with Gasteiger partial charge in [0.2, 0.25) is 0 Å². The van der Waals surface area contributed by atoms with Gasteiger partial charge in [0.05, 0.1) is 0 Å². The Balaban J connectivity index is 2.99. The monoisotopic (exact) mass is 207 g/mol. The fourth-order valence-corrected chi connectivity index (χ4v) is 1.45. The van der Waals surface area contributed by atoms with E-state index in [-0.39, 0.29) is 5.84 Å². The average molecular weight is 207 g/mol. The van der Waals surface area contributed by atoms with E-state index in [1.165, 1.54) is 0 Å². The molecule has 4 heteroatoms. The van der Waals surface area contributed by atoms with Crippen LogP contribution < -0.4 is 5.48 Å². The molecule has 1 heterocycles. The van der Waals surface area contributed by atoms with Gasteiger partial charge in [-0.05, 0) is 37.0 Å². The third kappa shape index (κ3) is 3.32. The fraction of sp³-hybridized carbons (Fsp3) is 0.455. The smallest absolute Gasteiger partial charge is 0.168 e. The molecule has 0 atom stereocenters. The minimum absolute atomic E-state index is 0.0660. The highest BCUT2D eigenvalue weighted by molar-refractivity contribution is 5.93. The number of hydrogen-bond acceptors (Lipinski definition) is 3. The molecule has 1 aromatic heterocycles. The third-order valence-electron chi connectivity index (χ3n) is 2.01. The molecular formula is C11H17N3O. The Bertz CT molecular complexity index is 361. The maximum atomic E-state index is 8.64. The molecular weight excluding hydrogens is 190 g/mol. The summed E-state index contributed by atoms with van der Waals surface area (Å²) in [5, 5.41) is 16.1. The Morgan fingerprint density at radius 2 is 2.20 bits per heavy atom. The maximum Gasteiger partial charge on any atom is 0.168 e. The van der Waals surface area contributed by atoms with Crippen LogP contribution in [0.1, 0.15) is 30.8 Å². The molecule has 0 aromatic carbocycles. The van der Waals surface area contributed by atoms with Crippen LogP contribution in [0.2, 0.25) is 0 Å². The van der Waals surface area contributed by atoms with Crippen LogP contribution in [-0.2, 0) is 6.42 Å². The fourth-order valence-electron chi connectivity index (χ4n) is 1.45. The quantitative estimate of drug-likeness (QED) is 0.403. The average Bonchev–Trinajstić information content (AvgIpc) is 2.14. The van der Waals surface area contributed by atoms with Crippen LogP contribution in [0.15, 0.2) is 12.1 Å². The summed E-state index contributed by atoms with van der Waals surface area (Å²) in [7, 11) is 0. The van der Waals surface area contributed by atoms with Crippen molar-refractivity contribution in [2.24, 2.45) is 5.92 Å². The van der Waals surface area contributed by atoms with E-state index >= 15 is 0 Å². The van der Waals surface area contributed by atoms with Gasteiger partial charge in [-0.3, -0.25) is 16.1 Å². The van der Waals surface area contributed by atoms with Gasteiger partial charge in [-0.1, -0.05) is 13.8 Å². The summed E-state index contributed by atoms with van der Waals surface area (Å²) in [6.45, 7) is 6.21. The highest BCUT2D eigenvalue weighted by Gasteiger charge is 2.06. The molecule has 0 amide bonds. The SMILES string of the molecule is Cc1cc(CC(C)C)nc(C(=N)NO)c1. The number of aromatic nitrogens is 1. The van der Waals surface area contributed by atoms with Gasteiger partial charge >= 0.3 is 0 Å². The van der Waals surface area contributed by atoms with Crippen LogP contribution in [-0.4, -0.2) is 16.0 Å². The first-order valence-electron chi connectivity index (χ1n) is 4.99. The Kier molecular flexibility index (Phi) is 3.80. The van der Waals surface area contributed by atoms with Crippen molar-refractivity contribution < 1.29 is 5.21 Å². The van der Waals surface area contributed by atoms with Crippen molar-refractivity contribution in [2.75, 3.05) is 0 Å². The number of nitrogens with one attached hydrogen (secondary N) is 2. The Labute approximate surface area is 89.8 Å². The normalized spacial score (nSPS) is 10.5. The predicted molar refractivity (Wildman–Crippen MR) is 59.3 cm³/mol. The van der Waals surface area contributed by atoms with Gasteiger partial charge in [-0.25, -0.2) is 4.98 Å². The van der Waals surface area contributed by atoms with E-state index in [9.17, 15) is 0 Å². The van der Waals surface area contributed by atoms with Crippen molar-refractivity contribution in [3.05, 3.63) is 29.1 Å². The van der Waals surface area contributed by atoms with Crippen LogP contribution in [0.3, 0.4) is 0 Å². The van der Waals surface area contributed by atoms with E-state index in [2.05, 4.69) is 18.8 Å². The molecule has 0 aliphatic rings. The summed E-state index contributed by atoms with van der Waals surface area (Å²) in [6, 6.07) is 3.78. The summed E-state index contributed by atoms with van der Waals surface area (Å²) in [5.41, 5.74) is 4.30. The van der Waals surface area contributed by atoms with E-state index in [1.807, 2.05) is 18.5 Å². The maximum absolute atomic E-state index is 8.64. The molecule has 0 saturated carbocycles. The van der Waals surface area contributed by atoms with Crippen LogP contribution >= 0.6 is 0 Å². The van der Waals surface area contributed by atoms with E-state index in [1.54, 1.807) is 6.07 Å². The summed E-state index contributed by atoms with van der Waals surface area (Å²) in [6.07, 6.45) is 0.882. The van der Waals surface area contributed by atoms with Crippen LogP contribution in [0, 0.1) is 18.3 Å². The van der Waals surface area contributed by atoms with Gasteiger partial charge < -0.3 is 0 Å². The molecule has 82 valence electrons. The highest BCUT2D eigenvalue weighted by atomic mass is 16.5. The van der Waals surface area contributed by atoms with Crippen LogP contribution in [0.5, 0.6) is 0 Å². The molecule has 1 rings (SSSR count). The van der Waals surface area contributed by atoms with Crippen molar-refractivity contribution >= 4 is 5.84 Å². The lowest BCUT2D eigenvalue weighted by Crippen LogP contribution is -2.20. The minimum Gasteiger partial charge on any atom is -0.290 e. The Hall–Kier alpha value is -1.42. The van der Waals surface area contributed by atoms with E-state index in [0.29, 0.717) is 11.6 Å². The molecule has 0 spiro atoms. The molecule has 15 heavy (non-hydrogen) atoms. The zero-order valence-corrected chi connectivity index (χ0v) is 9.33. The predicted octanol–water partition coefficient (Wildman–Crippen LogP) is 1.89. The van der Waals surface area contributed by atoms with Crippen LogP contribution in [0.25, 0.3) is 0 Å². The van der Waals surface area contributed by atoms with Gasteiger partial charge in [0.15, 0.2) is 5.84 Å². The lowest BCUT2D eigenvalue weighted by atomic mass is 10.1. The van der Waals surface area contributed by atoms with Gasteiger partial charge in [0, 0.05) is 5.69 Å². The number of pyridine rings is 1. The molecule has 3 N–H and O–H groups in total. The van der Waals surface area contributed by atoms with E-state index < -0.39 is 0 Å². The molecule has 4 nitrogen and oxygen atoms in total. The highest BCUT2D eigenvalue weighted by Crippen LogP contribution is 2.09. The number of hydrogen-bond donors (Lipinski definition) is 3. The van der Waals surface area contributed by atoms with Crippen LogP contribution in [0.4, 0.5) is 0 Å². The number of hydroxylamine groups is 1.